The molecule has 6 rings (SSSR count). The number of halogens is 1. The average molecular weight is 645 g/mol. The molecule has 248 valence electrons. The number of piperidine rings is 1. The number of benzene rings is 2. The van der Waals surface area contributed by atoms with Crippen LogP contribution < -0.4 is 15.0 Å². The summed E-state index contributed by atoms with van der Waals surface area (Å²) < 4.78 is 27.2. The Bertz CT molecular complexity index is 1620. The van der Waals surface area contributed by atoms with Gasteiger partial charge in [0, 0.05) is 55.6 Å². The largest absolute Gasteiger partial charge is 0.486 e. The van der Waals surface area contributed by atoms with E-state index >= 15 is 4.39 Å². The van der Waals surface area contributed by atoms with Gasteiger partial charge in [-0.15, -0.1) is 0 Å². The summed E-state index contributed by atoms with van der Waals surface area (Å²) in [5.74, 6) is 0.933. The monoisotopic (exact) mass is 644 g/mol. The second-order valence-corrected chi connectivity index (χ2v) is 13.5. The van der Waals surface area contributed by atoms with E-state index in [9.17, 15) is 15.2 Å². The van der Waals surface area contributed by atoms with Crippen LogP contribution in [-0.4, -0.2) is 106 Å². The Labute approximate surface area is 274 Å². The van der Waals surface area contributed by atoms with Gasteiger partial charge in [0.15, 0.2) is 12.0 Å². The van der Waals surface area contributed by atoms with Crippen molar-refractivity contribution in [2.24, 2.45) is 5.41 Å². The maximum Gasteiger partial charge on any atom is 0.407 e. The van der Waals surface area contributed by atoms with E-state index in [-0.39, 0.29) is 24.3 Å². The molecule has 2 unspecified atom stereocenters. The lowest BCUT2D eigenvalue weighted by molar-refractivity contribution is -0.0792. The van der Waals surface area contributed by atoms with Crippen molar-refractivity contribution in [3.63, 3.8) is 0 Å². The molecule has 2 aromatic carbocycles. The summed E-state index contributed by atoms with van der Waals surface area (Å²) in [7, 11) is 0. The summed E-state index contributed by atoms with van der Waals surface area (Å²) in [6, 6.07) is 15.3. The van der Waals surface area contributed by atoms with Gasteiger partial charge >= 0.3 is 6.09 Å². The molecular formula is C34H41FN8O4. The lowest BCUT2D eigenvalue weighted by atomic mass is 9.78. The van der Waals surface area contributed by atoms with Crippen LogP contribution in [0.2, 0.25) is 0 Å². The van der Waals surface area contributed by atoms with Gasteiger partial charge in [-0.3, -0.25) is 4.90 Å². The Balaban J connectivity index is 1.11. The minimum absolute atomic E-state index is 0.137. The molecule has 1 amide bonds. The number of rotatable bonds is 7. The van der Waals surface area contributed by atoms with Crippen molar-refractivity contribution in [3.8, 4) is 23.2 Å². The zero-order valence-corrected chi connectivity index (χ0v) is 27.1. The van der Waals surface area contributed by atoms with Gasteiger partial charge in [-0.25, -0.2) is 19.2 Å². The van der Waals surface area contributed by atoms with Gasteiger partial charge in [-0.1, -0.05) is 20.8 Å². The molecule has 3 aliphatic heterocycles. The third kappa shape index (κ3) is 6.94. The standard InChI is InChI=1S/C34H41FN8O4/c1-21-17-41(13-14-42(21)26-18-46-19-26)25-8-6-24(7-9-25)39-32-38-20-37-31(40-32)22-5-10-27(23(15-22)16-36)47-28-11-12-43(33(44)45)30(29(28)35)34(2,3)4/h5-10,15,20-21,26,28-30H,11-14,17-19H2,1-4H3,(H,44,45)(H,37,38,39,40)/t21?,28-,29-,30?/m0/s1. The molecule has 47 heavy (non-hydrogen) atoms. The van der Waals surface area contributed by atoms with Crippen LogP contribution in [0.5, 0.6) is 5.75 Å². The fourth-order valence-electron chi connectivity index (χ4n) is 6.79. The van der Waals surface area contributed by atoms with Crippen LogP contribution >= 0.6 is 0 Å². The summed E-state index contributed by atoms with van der Waals surface area (Å²) in [6.07, 6.45) is -2.06. The maximum atomic E-state index is 15.7. The van der Waals surface area contributed by atoms with Crippen molar-refractivity contribution >= 4 is 23.4 Å². The molecule has 0 saturated carbocycles. The zero-order chi connectivity index (χ0) is 33.3. The number of piperazine rings is 1. The van der Waals surface area contributed by atoms with Crippen molar-refractivity contribution in [3.05, 3.63) is 54.4 Å². The number of nitriles is 1. The second-order valence-electron chi connectivity index (χ2n) is 13.5. The quantitative estimate of drug-likeness (QED) is 0.361. The van der Waals surface area contributed by atoms with Crippen LogP contribution in [0, 0.1) is 16.7 Å². The van der Waals surface area contributed by atoms with Crippen molar-refractivity contribution in [2.45, 2.75) is 64.5 Å². The molecule has 3 aliphatic rings. The highest BCUT2D eigenvalue weighted by atomic mass is 19.1. The van der Waals surface area contributed by atoms with Crippen LogP contribution in [0.1, 0.15) is 39.7 Å². The predicted molar refractivity (Wildman–Crippen MR) is 175 cm³/mol. The van der Waals surface area contributed by atoms with E-state index in [2.05, 4.69) is 55.2 Å². The first-order valence-electron chi connectivity index (χ1n) is 16.0. The number of alkyl halides is 1. The lowest BCUT2D eigenvalue weighted by Crippen LogP contribution is -2.60. The van der Waals surface area contributed by atoms with E-state index in [1.807, 2.05) is 12.1 Å². The fraction of sp³-hybridized carbons (Fsp3) is 0.500. The first-order chi connectivity index (χ1) is 22.5. The van der Waals surface area contributed by atoms with Crippen molar-refractivity contribution in [1.82, 2.24) is 24.8 Å². The number of ether oxygens (including phenoxy) is 2. The molecule has 4 heterocycles. The van der Waals surface area contributed by atoms with Crippen molar-refractivity contribution in [2.75, 3.05) is 49.6 Å². The first-order valence-corrected chi connectivity index (χ1v) is 16.0. The number of anilines is 3. The fourth-order valence-corrected chi connectivity index (χ4v) is 6.79. The summed E-state index contributed by atoms with van der Waals surface area (Å²) in [6.45, 7) is 12.4. The lowest BCUT2D eigenvalue weighted by Gasteiger charge is -2.47. The first kappa shape index (κ1) is 32.4. The van der Waals surface area contributed by atoms with Crippen LogP contribution in [0.15, 0.2) is 48.8 Å². The number of hydrogen-bond donors (Lipinski definition) is 2. The summed E-state index contributed by atoms with van der Waals surface area (Å²) in [5.41, 5.74) is 2.11. The van der Waals surface area contributed by atoms with Gasteiger partial charge in [0.1, 0.15) is 24.3 Å². The topological polar surface area (TPSA) is 140 Å². The van der Waals surface area contributed by atoms with Crippen LogP contribution in [0.25, 0.3) is 11.4 Å². The highest BCUT2D eigenvalue weighted by molar-refractivity contribution is 5.66. The summed E-state index contributed by atoms with van der Waals surface area (Å²) in [4.78, 5) is 31.0. The van der Waals surface area contributed by atoms with E-state index in [1.165, 1.54) is 6.33 Å². The molecule has 3 fully saturated rings. The Kier molecular flexibility index (Phi) is 9.16. The summed E-state index contributed by atoms with van der Waals surface area (Å²) >= 11 is 0. The molecule has 3 aromatic rings. The average Bonchev–Trinajstić information content (AvgIpc) is 3.02. The summed E-state index contributed by atoms with van der Waals surface area (Å²) in [5, 5.41) is 22.8. The van der Waals surface area contributed by atoms with E-state index in [4.69, 9.17) is 9.47 Å². The Morgan fingerprint density at radius 2 is 1.89 bits per heavy atom. The smallest absolute Gasteiger partial charge is 0.407 e. The minimum atomic E-state index is -1.57. The van der Waals surface area contributed by atoms with E-state index in [0.29, 0.717) is 29.4 Å². The number of nitrogens with one attached hydrogen (secondary N) is 1. The second kappa shape index (κ2) is 13.3. The number of carbonyl (C=O) groups is 1. The number of amides is 1. The number of aromatic nitrogens is 3. The number of nitrogens with zero attached hydrogens (tertiary/aromatic N) is 7. The van der Waals surface area contributed by atoms with Gasteiger partial charge in [0.25, 0.3) is 0 Å². The Morgan fingerprint density at radius 3 is 2.53 bits per heavy atom. The van der Waals surface area contributed by atoms with E-state index in [1.54, 1.807) is 39.0 Å². The molecule has 0 aliphatic carbocycles. The maximum absolute atomic E-state index is 15.7. The van der Waals surface area contributed by atoms with Gasteiger partial charge in [0.2, 0.25) is 5.95 Å². The van der Waals surface area contributed by atoms with E-state index < -0.39 is 29.8 Å². The third-order valence-corrected chi connectivity index (χ3v) is 9.25. The molecule has 0 bridgehead atoms. The van der Waals surface area contributed by atoms with Crippen molar-refractivity contribution < 1.29 is 23.8 Å². The Hall–Kier alpha value is -4.54. The van der Waals surface area contributed by atoms with Gasteiger partial charge in [0.05, 0.1) is 30.9 Å². The molecule has 12 nitrogen and oxygen atoms in total. The van der Waals surface area contributed by atoms with Crippen molar-refractivity contribution in [1.29, 1.82) is 5.26 Å². The molecule has 2 N–H and O–H groups in total. The predicted octanol–water partition coefficient (Wildman–Crippen LogP) is 4.95. The number of likely N-dealkylation sites (tertiary alicyclic amines) is 1. The SMILES string of the molecule is CC1CN(c2ccc(Nc3ncnc(-c4ccc(O[C@H]5CCN(C(=O)O)C(C(C)(C)C)[C@H]5F)c(C#N)c4)n3)cc2)CCN1C1COC1. The molecule has 0 radical (unpaired) electrons. The zero-order valence-electron chi connectivity index (χ0n) is 27.1. The van der Waals surface area contributed by atoms with Crippen LogP contribution in [0.4, 0.5) is 26.5 Å². The molecule has 4 atom stereocenters. The van der Waals surface area contributed by atoms with Crippen LogP contribution in [-0.2, 0) is 4.74 Å². The highest BCUT2D eigenvalue weighted by Gasteiger charge is 2.47. The normalized spacial score (nSPS) is 23.9. The highest BCUT2D eigenvalue weighted by Crippen LogP contribution is 2.37. The molecule has 1 aromatic heterocycles. The Morgan fingerprint density at radius 1 is 1.13 bits per heavy atom. The third-order valence-electron chi connectivity index (χ3n) is 9.25. The number of hydrogen-bond acceptors (Lipinski definition) is 10. The number of carboxylic acid groups (broad SMARTS) is 1. The van der Waals surface area contributed by atoms with Gasteiger partial charge in [-0.05, 0) is 54.8 Å². The molecule has 13 heteroatoms. The van der Waals surface area contributed by atoms with E-state index in [0.717, 1.165) is 49.1 Å². The van der Waals surface area contributed by atoms with Gasteiger partial charge < -0.3 is 29.7 Å². The molecule has 0 spiro atoms. The molecular weight excluding hydrogens is 603 g/mol. The van der Waals surface area contributed by atoms with Crippen LogP contribution in [0.3, 0.4) is 0 Å². The minimum Gasteiger partial charge on any atom is -0.486 e. The van der Waals surface area contributed by atoms with Gasteiger partial charge in [-0.2, -0.15) is 10.2 Å². The molecule has 3 saturated heterocycles.